The van der Waals surface area contributed by atoms with Gasteiger partial charge in [0.05, 0.1) is 12.1 Å². The van der Waals surface area contributed by atoms with Crippen LogP contribution in [0.15, 0.2) is 30.5 Å². The molecule has 0 fully saturated rings. The molecule has 35 heavy (non-hydrogen) atoms. The third kappa shape index (κ3) is 7.44. The number of hydrogen-bond donors (Lipinski definition) is 8. The molecule has 0 saturated heterocycles. The fraction of sp³-hybridized carbons (Fsp3) is 0.478. The second-order valence-electron chi connectivity index (χ2n) is 8.71. The van der Waals surface area contributed by atoms with Gasteiger partial charge in [0, 0.05) is 22.9 Å². The molecule has 192 valence electrons. The average molecular weight is 508 g/mol. The normalized spacial score (nSPS) is 15.6. The number of aliphatic hydroxyl groups excluding tert-OH is 1. The van der Waals surface area contributed by atoms with Crippen LogP contribution in [-0.4, -0.2) is 74.9 Å². The number of nitrogens with one attached hydrogen (secondary N) is 4. The van der Waals surface area contributed by atoms with Crippen molar-refractivity contribution in [3.63, 3.8) is 0 Å². The Balaban J connectivity index is 2.04. The first kappa shape index (κ1) is 28.1. The van der Waals surface area contributed by atoms with Crippen molar-refractivity contribution < 1.29 is 29.4 Å². The van der Waals surface area contributed by atoms with E-state index in [4.69, 9.17) is 5.73 Å². The molecule has 0 saturated carbocycles. The maximum Gasteiger partial charge on any atom is 0.326 e. The van der Waals surface area contributed by atoms with Crippen LogP contribution >= 0.6 is 12.6 Å². The van der Waals surface area contributed by atoms with E-state index in [9.17, 15) is 29.4 Å². The van der Waals surface area contributed by atoms with Crippen molar-refractivity contribution in [1.29, 1.82) is 0 Å². The number of amides is 3. The highest BCUT2D eigenvalue weighted by Gasteiger charge is 2.32. The summed E-state index contributed by atoms with van der Waals surface area (Å²) in [5, 5.41) is 27.5. The van der Waals surface area contributed by atoms with E-state index in [1.807, 2.05) is 24.3 Å². The fourth-order valence-electron chi connectivity index (χ4n) is 3.52. The number of carboxylic acids is 1. The molecule has 2 aromatic rings. The average Bonchev–Trinajstić information content (AvgIpc) is 3.20. The van der Waals surface area contributed by atoms with E-state index in [0.29, 0.717) is 0 Å². The van der Waals surface area contributed by atoms with Crippen molar-refractivity contribution >= 4 is 47.2 Å². The maximum absolute atomic E-state index is 12.8. The Kier molecular flexibility index (Phi) is 10.1. The summed E-state index contributed by atoms with van der Waals surface area (Å²) >= 11 is 4.06. The van der Waals surface area contributed by atoms with Crippen molar-refractivity contribution in [3.05, 3.63) is 36.0 Å². The number of aromatic amines is 1. The third-order valence-corrected chi connectivity index (χ3v) is 5.93. The van der Waals surface area contributed by atoms with Crippen molar-refractivity contribution in [2.24, 2.45) is 11.7 Å². The second-order valence-corrected chi connectivity index (χ2v) is 9.07. The molecule has 5 unspecified atom stereocenters. The number of aromatic nitrogens is 1. The number of aliphatic carboxylic acids is 1. The number of para-hydroxylation sites is 1. The number of thiol groups is 1. The number of nitrogens with two attached hydrogens (primary N) is 1. The van der Waals surface area contributed by atoms with Crippen LogP contribution in [0.4, 0.5) is 0 Å². The lowest BCUT2D eigenvalue weighted by Gasteiger charge is -2.26. The smallest absolute Gasteiger partial charge is 0.326 e. The highest BCUT2D eigenvalue weighted by molar-refractivity contribution is 7.80. The first-order valence-corrected chi connectivity index (χ1v) is 11.8. The molecule has 12 heteroatoms. The molecule has 0 aliphatic heterocycles. The van der Waals surface area contributed by atoms with Gasteiger partial charge in [-0.25, -0.2) is 4.79 Å². The van der Waals surface area contributed by atoms with Crippen LogP contribution < -0.4 is 21.7 Å². The number of carboxylic acid groups (broad SMARTS) is 1. The molecule has 0 bridgehead atoms. The summed E-state index contributed by atoms with van der Waals surface area (Å²) in [7, 11) is 0. The molecule has 8 N–H and O–H groups in total. The summed E-state index contributed by atoms with van der Waals surface area (Å²) in [6.07, 6.45) is 0.649. The lowest BCUT2D eigenvalue weighted by atomic mass is 10.0. The minimum absolute atomic E-state index is 0.136. The zero-order valence-electron chi connectivity index (χ0n) is 19.8. The van der Waals surface area contributed by atoms with Crippen LogP contribution in [-0.2, 0) is 25.6 Å². The van der Waals surface area contributed by atoms with Gasteiger partial charge in [-0.15, -0.1) is 0 Å². The molecule has 0 aliphatic carbocycles. The van der Waals surface area contributed by atoms with Gasteiger partial charge in [0.2, 0.25) is 17.7 Å². The summed E-state index contributed by atoms with van der Waals surface area (Å²) in [5.41, 5.74) is 7.79. The topological polar surface area (TPSA) is 187 Å². The fourth-order valence-corrected chi connectivity index (χ4v) is 3.78. The number of rotatable bonds is 12. The highest BCUT2D eigenvalue weighted by Crippen LogP contribution is 2.18. The number of carbonyl (C=O) groups excluding carboxylic acids is 3. The number of H-pyrrole nitrogens is 1. The summed E-state index contributed by atoms with van der Waals surface area (Å²) < 4.78 is 0. The molecule has 5 atom stereocenters. The van der Waals surface area contributed by atoms with E-state index in [1.54, 1.807) is 20.0 Å². The van der Waals surface area contributed by atoms with E-state index in [0.717, 1.165) is 16.5 Å². The Labute approximate surface area is 208 Å². The van der Waals surface area contributed by atoms with Crippen LogP contribution in [0.5, 0.6) is 0 Å². The predicted octanol–water partition coefficient (Wildman–Crippen LogP) is -0.457. The van der Waals surface area contributed by atoms with Gasteiger partial charge in [-0.1, -0.05) is 32.0 Å². The first-order valence-electron chi connectivity index (χ1n) is 11.2. The number of carbonyl (C=O) groups is 4. The minimum atomic E-state index is -1.40. The molecule has 2 rings (SSSR count). The van der Waals surface area contributed by atoms with E-state index in [-0.39, 0.29) is 12.2 Å². The molecule has 0 spiro atoms. The summed E-state index contributed by atoms with van der Waals surface area (Å²) in [4.78, 5) is 52.5. The maximum atomic E-state index is 12.8. The van der Waals surface area contributed by atoms with Crippen molar-refractivity contribution in [2.45, 2.75) is 57.5 Å². The zero-order chi connectivity index (χ0) is 26.3. The zero-order valence-corrected chi connectivity index (χ0v) is 20.7. The van der Waals surface area contributed by atoms with Crippen LogP contribution in [0.25, 0.3) is 10.9 Å². The molecule has 1 heterocycles. The number of fused-ring (bicyclic) bond motifs is 1. The number of aliphatic hydroxyl groups is 1. The van der Waals surface area contributed by atoms with Gasteiger partial charge >= 0.3 is 5.97 Å². The monoisotopic (exact) mass is 507 g/mol. The first-order chi connectivity index (χ1) is 16.5. The van der Waals surface area contributed by atoms with E-state index < -0.39 is 59.9 Å². The second kappa shape index (κ2) is 12.6. The molecule has 0 aliphatic rings. The number of hydrogen-bond acceptors (Lipinski definition) is 7. The molecule has 1 aromatic heterocycles. The molecule has 1 aromatic carbocycles. The highest BCUT2D eigenvalue weighted by atomic mass is 32.1. The van der Waals surface area contributed by atoms with Gasteiger partial charge in [-0.3, -0.25) is 14.4 Å². The molecular formula is C23H33N5O6S. The SMILES string of the molecule is CC(C)C(NC(=O)C(CS)NC(=O)C(NC(=O)C(N)Cc1c[nH]c2ccccc12)C(C)O)C(=O)O. The number of benzene rings is 1. The lowest BCUT2D eigenvalue weighted by Crippen LogP contribution is -2.60. The largest absolute Gasteiger partial charge is 0.480 e. The summed E-state index contributed by atoms with van der Waals surface area (Å²) in [6.45, 7) is 4.57. The Hall–Kier alpha value is -3.09. The van der Waals surface area contributed by atoms with Crippen LogP contribution in [0.1, 0.15) is 26.3 Å². The lowest BCUT2D eigenvalue weighted by molar-refractivity contribution is -0.143. The van der Waals surface area contributed by atoms with E-state index >= 15 is 0 Å². The molecule has 11 nitrogen and oxygen atoms in total. The van der Waals surface area contributed by atoms with Crippen LogP contribution in [0.2, 0.25) is 0 Å². The van der Waals surface area contributed by atoms with E-state index in [2.05, 4.69) is 33.6 Å². The molecule has 3 amide bonds. The Morgan fingerprint density at radius 3 is 2.20 bits per heavy atom. The predicted molar refractivity (Wildman–Crippen MR) is 134 cm³/mol. The van der Waals surface area contributed by atoms with Crippen molar-refractivity contribution in [1.82, 2.24) is 20.9 Å². The van der Waals surface area contributed by atoms with Crippen LogP contribution in [0, 0.1) is 5.92 Å². The quantitative estimate of drug-likeness (QED) is 0.179. The molecule has 0 radical (unpaired) electrons. The van der Waals surface area contributed by atoms with Gasteiger partial charge in [0.1, 0.15) is 18.1 Å². The Morgan fingerprint density at radius 1 is 1.00 bits per heavy atom. The van der Waals surface area contributed by atoms with Gasteiger partial charge in [-0.2, -0.15) is 12.6 Å². The van der Waals surface area contributed by atoms with Crippen LogP contribution in [0.3, 0.4) is 0 Å². The van der Waals surface area contributed by atoms with Gasteiger partial charge in [0.25, 0.3) is 0 Å². The standard InChI is InChI=1S/C23H33N5O6S/c1-11(2)18(23(33)34)27-21(31)17(10-35)26-22(32)19(12(3)29)28-20(30)15(24)8-13-9-25-16-7-5-4-6-14(13)16/h4-7,9,11-12,15,17-19,25,29,35H,8,10,24H2,1-3H3,(H,26,32)(H,27,31)(H,28,30)(H,33,34). The third-order valence-electron chi connectivity index (χ3n) is 5.56. The van der Waals surface area contributed by atoms with Crippen molar-refractivity contribution in [2.75, 3.05) is 5.75 Å². The van der Waals surface area contributed by atoms with Gasteiger partial charge < -0.3 is 36.9 Å². The Morgan fingerprint density at radius 2 is 1.63 bits per heavy atom. The summed E-state index contributed by atoms with van der Waals surface area (Å²) in [5.74, 6) is -3.98. The molecular weight excluding hydrogens is 474 g/mol. The minimum Gasteiger partial charge on any atom is -0.480 e. The van der Waals surface area contributed by atoms with Gasteiger partial charge in [0.15, 0.2) is 0 Å². The Bertz CT molecular complexity index is 1060. The van der Waals surface area contributed by atoms with E-state index in [1.165, 1.54) is 6.92 Å². The summed E-state index contributed by atoms with van der Waals surface area (Å²) in [6, 6.07) is 2.79. The van der Waals surface area contributed by atoms with Gasteiger partial charge in [-0.05, 0) is 30.9 Å². The van der Waals surface area contributed by atoms with Crippen molar-refractivity contribution in [3.8, 4) is 0 Å².